The molecule has 1 N–H and O–H groups in total. The van der Waals surface area contributed by atoms with Gasteiger partial charge < -0.3 is 5.32 Å². The molecule has 2 aromatic carbocycles. The second kappa shape index (κ2) is 6.04. The van der Waals surface area contributed by atoms with Gasteiger partial charge in [0.15, 0.2) is 0 Å². The van der Waals surface area contributed by atoms with E-state index in [1.165, 1.54) is 16.3 Å². The van der Waals surface area contributed by atoms with Crippen molar-refractivity contribution in [1.29, 1.82) is 0 Å². The zero-order valence-corrected chi connectivity index (χ0v) is 10.9. The molecule has 0 bridgehead atoms. The second-order valence-electron chi connectivity index (χ2n) is 4.40. The van der Waals surface area contributed by atoms with Gasteiger partial charge in [-0.05, 0) is 29.7 Å². The van der Waals surface area contributed by atoms with Crippen molar-refractivity contribution in [3.63, 3.8) is 0 Å². The van der Waals surface area contributed by atoms with Crippen molar-refractivity contribution in [2.24, 2.45) is 0 Å². The van der Waals surface area contributed by atoms with Crippen LogP contribution in [0.1, 0.15) is 18.9 Å². The van der Waals surface area contributed by atoms with Crippen LogP contribution >= 0.6 is 11.6 Å². The zero-order valence-electron chi connectivity index (χ0n) is 10.1. The Labute approximate surface area is 108 Å². The molecule has 0 aliphatic carbocycles. The van der Waals surface area contributed by atoms with Crippen molar-refractivity contribution >= 4 is 22.4 Å². The molecule has 1 atom stereocenters. The monoisotopic (exact) mass is 247 g/mol. The highest BCUT2D eigenvalue weighted by molar-refractivity contribution is 6.17. The van der Waals surface area contributed by atoms with Crippen LogP contribution < -0.4 is 5.32 Å². The molecule has 2 heteroatoms. The zero-order chi connectivity index (χ0) is 12.1. The van der Waals surface area contributed by atoms with E-state index in [-0.39, 0.29) is 0 Å². The maximum absolute atomic E-state index is 5.73. The van der Waals surface area contributed by atoms with Crippen molar-refractivity contribution in [1.82, 2.24) is 5.32 Å². The number of nitrogens with one attached hydrogen (secondary N) is 1. The predicted octanol–water partition coefficient (Wildman–Crippen LogP) is 3.95. The Bertz CT molecular complexity index is 476. The SMILES string of the molecule is CC(CCCl)NCc1cccc2ccccc12. The third-order valence-corrected chi connectivity index (χ3v) is 3.28. The average Bonchev–Trinajstić information content (AvgIpc) is 2.36. The van der Waals surface area contributed by atoms with Gasteiger partial charge in [0.25, 0.3) is 0 Å². The molecular weight excluding hydrogens is 230 g/mol. The lowest BCUT2D eigenvalue weighted by atomic mass is 10.0. The van der Waals surface area contributed by atoms with Gasteiger partial charge in [-0.15, -0.1) is 11.6 Å². The molecule has 1 unspecified atom stereocenters. The third-order valence-electron chi connectivity index (χ3n) is 3.06. The Hall–Kier alpha value is -1.05. The molecule has 0 radical (unpaired) electrons. The van der Waals surface area contributed by atoms with Crippen LogP contribution in [0.5, 0.6) is 0 Å². The topological polar surface area (TPSA) is 12.0 Å². The molecule has 0 amide bonds. The minimum atomic E-state index is 0.464. The van der Waals surface area contributed by atoms with Crippen LogP contribution in [0.2, 0.25) is 0 Å². The molecule has 17 heavy (non-hydrogen) atoms. The second-order valence-corrected chi connectivity index (χ2v) is 4.78. The standard InChI is InChI=1S/C15H18ClN/c1-12(9-10-16)17-11-14-7-4-6-13-5-2-3-8-15(13)14/h2-8,12,17H,9-11H2,1H3. The van der Waals surface area contributed by atoms with Crippen LogP contribution in [0.3, 0.4) is 0 Å². The summed E-state index contributed by atoms with van der Waals surface area (Å²) in [7, 11) is 0. The molecule has 0 aliphatic rings. The molecule has 2 rings (SSSR count). The Morgan fingerprint density at radius 1 is 1.12 bits per heavy atom. The van der Waals surface area contributed by atoms with E-state index in [1.54, 1.807) is 0 Å². The van der Waals surface area contributed by atoms with Gasteiger partial charge in [-0.1, -0.05) is 42.5 Å². The lowest BCUT2D eigenvalue weighted by molar-refractivity contribution is 0.537. The molecule has 2 aromatic rings. The summed E-state index contributed by atoms with van der Waals surface area (Å²) in [6.07, 6.45) is 1.01. The molecule has 0 saturated heterocycles. The van der Waals surface area contributed by atoms with Gasteiger partial charge in [0.2, 0.25) is 0 Å². The van der Waals surface area contributed by atoms with Crippen LogP contribution in [0.4, 0.5) is 0 Å². The summed E-state index contributed by atoms with van der Waals surface area (Å²) >= 11 is 5.73. The molecular formula is C15H18ClN. The normalized spacial score (nSPS) is 12.8. The fourth-order valence-electron chi connectivity index (χ4n) is 2.00. The first-order chi connectivity index (χ1) is 8.31. The molecule has 0 aliphatic heterocycles. The summed E-state index contributed by atoms with van der Waals surface area (Å²) in [4.78, 5) is 0. The third kappa shape index (κ3) is 3.21. The maximum atomic E-state index is 5.73. The maximum Gasteiger partial charge on any atom is 0.0238 e. The summed E-state index contributed by atoms with van der Waals surface area (Å²) in [6.45, 7) is 3.08. The van der Waals surface area contributed by atoms with Crippen LogP contribution in [0.15, 0.2) is 42.5 Å². The number of benzene rings is 2. The highest BCUT2D eigenvalue weighted by Gasteiger charge is 2.03. The van der Waals surface area contributed by atoms with E-state index in [1.807, 2.05) is 0 Å². The summed E-state index contributed by atoms with van der Waals surface area (Å²) < 4.78 is 0. The molecule has 0 heterocycles. The Kier molecular flexibility index (Phi) is 4.41. The summed E-state index contributed by atoms with van der Waals surface area (Å²) in [5.74, 6) is 0.712. The smallest absolute Gasteiger partial charge is 0.0238 e. The van der Waals surface area contributed by atoms with E-state index >= 15 is 0 Å². The Balaban J connectivity index is 2.13. The molecule has 0 spiro atoms. The van der Waals surface area contributed by atoms with Gasteiger partial charge in [0, 0.05) is 18.5 Å². The first-order valence-corrected chi connectivity index (χ1v) is 6.60. The van der Waals surface area contributed by atoms with Gasteiger partial charge in [-0.3, -0.25) is 0 Å². The first-order valence-electron chi connectivity index (χ1n) is 6.07. The summed E-state index contributed by atoms with van der Waals surface area (Å²) in [5, 5.41) is 6.14. The quantitative estimate of drug-likeness (QED) is 0.789. The van der Waals surface area contributed by atoms with Gasteiger partial charge in [-0.2, -0.15) is 0 Å². The molecule has 1 nitrogen and oxygen atoms in total. The largest absolute Gasteiger partial charge is 0.310 e. The Morgan fingerprint density at radius 3 is 2.71 bits per heavy atom. The van der Waals surface area contributed by atoms with Crippen LogP contribution in [-0.2, 0) is 6.54 Å². The molecule has 0 fully saturated rings. The van der Waals surface area contributed by atoms with Crippen molar-refractivity contribution in [2.75, 3.05) is 5.88 Å². The van der Waals surface area contributed by atoms with Crippen LogP contribution in [-0.4, -0.2) is 11.9 Å². The average molecular weight is 248 g/mol. The number of halogens is 1. The number of rotatable bonds is 5. The first kappa shape index (κ1) is 12.4. The van der Waals surface area contributed by atoms with Gasteiger partial charge in [0.05, 0.1) is 0 Å². The van der Waals surface area contributed by atoms with Crippen molar-refractivity contribution < 1.29 is 0 Å². The van der Waals surface area contributed by atoms with Gasteiger partial charge in [-0.25, -0.2) is 0 Å². The number of alkyl halides is 1. The minimum absolute atomic E-state index is 0.464. The van der Waals surface area contributed by atoms with E-state index in [0.29, 0.717) is 11.9 Å². The van der Waals surface area contributed by atoms with Crippen LogP contribution in [0, 0.1) is 0 Å². The highest BCUT2D eigenvalue weighted by Crippen LogP contribution is 2.18. The van der Waals surface area contributed by atoms with E-state index in [2.05, 4.69) is 54.7 Å². The van der Waals surface area contributed by atoms with E-state index in [4.69, 9.17) is 11.6 Å². The minimum Gasteiger partial charge on any atom is -0.310 e. The molecule has 0 aromatic heterocycles. The molecule has 90 valence electrons. The lowest BCUT2D eigenvalue weighted by Gasteiger charge is -2.13. The Morgan fingerprint density at radius 2 is 1.88 bits per heavy atom. The predicted molar refractivity (Wildman–Crippen MR) is 75.6 cm³/mol. The van der Waals surface area contributed by atoms with Crippen molar-refractivity contribution in [3.05, 3.63) is 48.0 Å². The van der Waals surface area contributed by atoms with E-state index < -0.39 is 0 Å². The number of hydrogen-bond donors (Lipinski definition) is 1. The number of fused-ring (bicyclic) bond motifs is 1. The highest BCUT2D eigenvalue weighted by atomic mass is 35.5. The van der Waals surface area contributed by atoms with Crippen molar-refractivity contribution in [2.45, 2.75) is 25.9 Å². The van der Waals surface area contributed by atoms with Gasteiger partial charge in [0.1, 0.15) is 0 Å². The van der Waals surface area contributed by atoms with E-state index in [9.17, 15) is 0 Å². The van der Waals surface area contributed by atoms with Crippen LogP contribution in [0.25, 0.3) is 10.8 Å². The lowest BCUT2D eigenvalue weighted by Crippen LogP contribution is -2.25. The fraction of sp³-hybridized carbons (Fsp3) is 0.333. The van der Waals surface area contributed by atoms with E-state index in [0.717, 1.165) is 13.0 Å². The van der Waals surface area contributed by atoms with Gasteiger partial charge >= 0.3 is 0 Å². The molecule has 0 saturated carbocycles. The summed E-state index contributed by atoms with van der Waals surface area (Å²) in [5.41, 5.74) is 1.35. The van der Waals surface area contributed by atoms with Crippen molar-refractivity contribution in [3.8, 4) is 0 Å². The number of hydrogen-bond acceptors (Lipinski definition) is 1. The fourth-order valence-corrected chi connectivity index (χ4v) is 2.32. The summed E-state index contributed by atoms with van der Waals surface area (Å²) in [6, 6.07) is 15.4.